The summed E-state index contributed by atoms with van der Waals surface area (Å²) in [6.07, 6.45) is -2.80. The Balaban J connectivity index is 2.26. The van der Waals surface area contributed by atoms with Crippen LogP contribution in [-0.4, -0.2) is 37.3 Å². The first-order valence-electron chi connectivity index (χ1n) is 5.44. The smallest absolute Gasteiger partial charge is 0.401 e. The molecule has 0 radical (unpaired) electrons. The van der Waals surface area contributed by atoms with E-state index in [0.29, 0.717) is 5.88 Å². The van der Waals surface area contributed by atoms with Crippen LogP contribution in [0.4, 0.5) is 13.2 Å². The van der Waals surface area contributed by atoms with Crippen LogP contribution in [0.5, 0.6) is 5.88 Å². The van der Waals surface area contributed by atoms with Crippen LogP contribution < -0.4 is 15.4 Å². The van der Waals surface area contributed by atoms with Crippen molar-refractivity contribution in [2.75, 3.05) is 20.2 Å². The van der Waals surface area contributed by atoms with Gasteiger partial charge in [0.15, 0.2) is 0 Å². The number of aromatic nitrogens is 1. The Morgan fingerprint density at radius 1 is 1.42 bits per heavy atom. The van der Waals surface area contributed by atoms with Gasteiger partial charge in [-0.2, -0.15) is 13.2 Å². The number of nitrogens with zero attached hydrogens (tertiary/aromatic N) is 1. The second-order valence-corrected chi connectivity index (χ2v) is 3.70. The lowest BCUT2D eigenvalue weighted by Crippen LogP contribution is -2.38. The van der Waals surface area contributed by atoms with Crippen LogP contribution >= 0.6 is 0 Å². The van der Waals surface area contributed by atoms with Gasteiger partial charge in [0.25, 0.3) is 0 Å². The second-order valence-electron chi connectivity index (χ2n) is 3.70. The maximum absolute atomic E-state index is 11.8. The van der Waals surface area contributed by atoms with E-state index in [1.54, 1.807) is 12.1 Å². The Morgan fingerprint density at radius 3 is 2.68 bits per heavy atom. The van der Waals surface area contributed by atoms with Crippen LogP contribution in [0.25, 0.3) is 0 Å². The highest BCUT2D eigenvalue weighted by atomic mass is 19.4. The van der Waals surface area contributed by atoms with E-state index < -0.39 is 18.6 Å². The van der Waals surface area contributed by atoms with Gasteiger partial charge in [0.1, 0.15) is 0 Å². The Hall–Kier alpha value is -1.83. The predicted molar refractivity (Wildman–Crippen MR) is 61.6 cm³/mol. The maximum Gasteiger partial charge on any atom is 0.401 e. The third kappa shape index (κ3) is 6.61. The number of pyridine rings is 1. The van der Waals surface area contributed by atoms with E-state index in [2.05, 4.69) is 10.3 Å². The monoisotopic (exact) mass is 277 g/mol. The highest BCUT2D eigenvalue weighted by Gasteiger charge is 2.26. The number of hydrogen-bond acceptors (Lipinski definition) is 4. The molecule has 106 valence electrons. The summed E-state index contributed by atoms with van der Waals surface area (Å²) in [5.41, 5.74) is 0.727. The van der Waals surface area contributed by atoms with Crippen molar-refractivity contribution in [3.8, 4) is 5.88 Å². The summed E-state index contributed by atoms with van der Waals surface area (Å²) >= 11 is 0. The molecule has 19 heavy (non-hydrogen) atoms. The minimum atomic E-state index is -4.32. The molecule has 1 amide bonds. The van der Waals surface area contributed by atoms with E-state index in [1.165, 1.54) is 13.3 Å². The van der Waals surface area contributed by atoms with Crippen LogP contribution in [0.1, 0.15) is 5.56 Å². The summed E-state index contributed by atoms with van der Waals surface area (Å²) in [6, 6.07) is 3.33. The van der Waals surface area contributed by atoms with Gasteiger partial charge in [-0.1, -0.05) is 6.07 Å². The van der Waals surface area contributed by atoms with Gasteiger partial charge < -0.3 is 15.4 Å². The lowest BCUT2D eigenvalue weighted by atomic mass is 10.3. The standard InChI is InChI=1S/C11H14F3N3O2/c1-19-10-3-2-8(5-17-10)4-16-9(18)6-15-7-11(12,13)14/h2-3,5,15H,4,6-7H2,1H3,(H,16,18). The van der Waals surface area contributed by atoms with Crippen molar-refractivity contribution in [2.24, 2.45) is 0 Å². The quantitative estimate of drug-likeness (QED) is 0.809. The van der Waals surface area contributed by atoms with Crippen LogP contribution in [-0.2, 0) is 11.3 Å². The molecule has 0 aliphatic heterocycles. The molecule has 1 heterocycles. The molecule has 0 unspecified atom stereocenters. The lowest BCUT2D eigenvalue weighted by Gasteiger charge is -2.09. The van der Waals surface area contributed by atoms with E-state index in [0.717, 1.165) is 5.56 Å². The zero-order valence-electron chi connectivity index (χ0n) is 10.3. The first-order chi connectivity index (χ1) is 8.90. The fourth-order valence-electron chi connectivity index (χ4n) is 1.22. The molecule has 0 spiro atoms. The van der Waals surface area contributed by atoms with Crippen molar-refractivity contribution < 1.29 is 22.7 Å². The third-order valence-electron chi connectivity index (χ3n) is 2.11. The summed E-state index contributed by atoms with van der Waals surface area (Å²) in [7, 11) is 1.48. The van der Waals surface area contributed by atoms with Gasteiger partial charge in [-0.3, -0.25) is 4.79 Å². The van der Waals surface area contributed by atoms with Gasteiger partial charge >= 0.3 is 6.18 Å². The van der Waals surface area contributed by atoms with Gasteiger partial charge in [-0.15, -0.1) is 0 Å². The fraction of sp³-hybridized carbons (Fsp3) is 0.455. The van der Waals surface area contributed by atoms with E-state index >= 15 is 0 Å². The van der Waals surface area contributed by atoms with Crippen molar-refractivity contribution in [3.63, 3.8) is 0 Å². The van der Waals surface area contributed by atoms with Gasteiger partial charge in [0, 0.05) is 18.8 Å². The molecule has 0 saturated heterocycles. The number of carbonyl (C=O) groups is 1. The minimum absolute atomic E-state index is 0.198. The molecule has 0 aliphatic rings. The summed E-state index contributed by atoms with van der Waals surface area (Å²) in [4.78, 5) is 15.2. The molecule has 0 fully saturated rings. The van der Waals surface area contributed by atoms with Crippen molar-refractivity contribution >= 4 is 5.91 Å². The predicted octanol–water partition coefficient (Wildman–Crippen LogP) is 0.858. The van der Waals surface area contributed by atoms with Gasteiger partial charge in [0.05, 0.1) is 20.2 Å². The zero-order chi connectivity index (χ0) is 14.3. The molecule has 8 heteroatoms. The number of hydrogen-bond donors (Lipinski definition) is 2. The van der Waals surface area contributed by atoms with E-state index in [1.807, 2.05) is 5.32 Å². The molecule has 0 saturated carbocycles. The van der Waals surface area contributed by atoms with Gasteiger partial charge in [-0.05, 0) is 5.56 Å². The third-order valence-corrected chi connectivity index (χ3v) is 2.11. The molecule has 1 aromatic rings. The minimum Gasteiger partial charge on any atom is -0.481 e. The number of methoxy groups -OCH3 is 1. The number of amides is 1. The van der Waals surface area contributed by atoms with E-state index in [9.17, 15) is 18.0 Å². The first kappa shape index (κ1) is 15.2. The van der Waals surface area contributed by atoms with Crippen LogP contribution in [0, 0.1) is 0 Å². The number of rotatable bonds is 6. The maximum atomic E-state index is 11.8. The Kier molecular flexibility index (Phi) is 5.56. The molecular weight excluding hydrogens is 263 g/mol. The Morgan fingerprint density at radius 2 is 2.16 bits per heavy atom. The van der Waals surface area contributed by atoms with Crippen molar-refractivity contribution in [2.45, 2.75) is 12.7 Å². The van der Waals surface area contributed by atoms with Crippen LogP contribution in [0.15, 0.2) is 18.3 Å². The number of carbonyl (C=O) groups excluding carboxylic acids is 1. The van der Waals surface area contributed by atoms with Crippen LogP contribution in [0.3, 0.4) is 0 Å². The molecular formula is C11H14F3N3O2. The Labute approximate surface area is 108 Å². The van der Waals surface area contributed by atoms with E-state index in [-0.39, 0.29) is 13.1 Å². The Bertz CT molecular complexity index is 407. The SMILES string of the molecule is COc1ccc(CNC(=O)CNCC(F)(F)F)cn1. The summed E-state index contributed by atoms with van der Waals surface area (Å²) in [5, 5.41) is 4.48. The average molecular weight is 277 g/mol. The first-order valence-corrected chi connectivity index (χ1v) is 5.44. The number of ether oxygens (including phenoxy) is 1. The van der Waals surface area contributed by atoms with Crippen molar-refractivity contribution in [3.05, 3.63) is 23.9 Å². The zero-order valence-corrected chi connectivity index (χ0v) is 10.3. The molecule has 1 rings (SSSR count). The summed E-state index contributed by atoms with van der Waals surface area (Å²) in [5.74, 6) is -0.0676. The fourth-order valence-corrected chi connectivity index (χ4v) is 1.22. The molecule has 1 aromatic heterocycles. The second kappa shape index (κ2) is 6.93. The lowest BCUT2D eigenvalue weighted by molar-refractivity contribution is -0.128. The van der Waals surface area contributed by atoms with Crippen LogP contribution in [0.2, 0.25) is 0 Å². The average Bonchev–Trinajstić information content (AvgIpc) is 2.35. The number of alkyl halides is 3. The normalized spacial score (nSPS) is 11.2. The number of nitrogens with one attached hydrogen (secondary N) is 2. The molecule has 0 bridgehead atoms. The highest BCUT2D eigenvalue weighted by molar-refractivity contribution is 5.77. The van der Waals surface area contributed by atoms with E-state index in [4.69, 9.17) is 4.74 Å². The van der Waals surface area contributed by atoms with Crippen molar-refractivity contribution in [1.82, 2.24) is 15.6 Å². The molecule has 0 aliphatic carbocycles. The largest absolute Gasteiger partial charge is 0.481 e. The highest BCUT2D eigenvalue weighted by Crippen LogP contribution is 2.11. The summed E-state index contributed by atoms with van der Waals surface area (Å²) in [6.45, 7) is -1.38. The van der Waals surface area contributed by atoms with Gasteiger partial charge in [0.2, 0.25) is 11.8 Å². The molecule has 5 nitrogen and oxygen atoms in total. The topological polar surface area (TPSA) is 63.2 Å². The number of halogens is 3. The summed E-state index contributed by atoms with van der Waals surface area (Å²) < 4.78 is 40.3. The van der Waals surface area contributed by atoms with Crippen molar-refractivity contribution in [1.29, 1.82) is 0 Å². The molecule has 0 aromatic carbocycles. The molecule has 0 atom stereocenters. The van der Waals surface area contributed by atoms with Gasteiger partial charge in [-0.25, -0.2) is 4.98 Å². The molecule has 2 N–H and O–H groups in total.